The number of allylic oxidation sites excluding steroid dienone is 2. The van der Waals surface area contributed by atoms with Crippen molar-refractivity contribution in [3.8, 4) is 33.7 Å². The Balaban J connectivity index is 0.871. The predicted molar refractivity (Wildman–Crippen MR) is 231 cm³/mol. The average Bonchev–Trinajstić information content (AvgIpc) is 4.03. The zero-order valence-electron chi connectivity index (χ0n) is 31.1. The van der Waals surface area contributed by atoms with Crippen molar-refractivity contribution in [2.75, 3.05) is 6.54 Å². The summed E-state index contributed by atoms with van der Waals surface area (Å²) in [5.74, 6) is 1.01. The van der Waals surface area contributed by atoms with E-state index < -0.39 is 0 Å². The number of ether oxygens (including phenoxy) is 1. The summed E-state index contributed by atoms with van der Waals surface area (Å²) in [5.41, 5.74) is 15.6. The zero-order chi connectivity index (χ0) is 37.9. The molecule has 10 aromatic rings. The average molecular weight is 749 g/mol. The number of aliphatic imine (C=N–C) groups is 1. The van der Waals surface area contributed by atoms with E-state index in [9.17, 15) is 0 Å². The first-order chi connectivity index (χ1) is 28.7. The quantitative estimate of drug-likeness (QED) is 0.179. The molecule has 0 saturated heterocycles. The Morgan fingerprint density at radius 3 is 2.07 bits per heavy atom. The molecule has 8 heterocycles. The van der Waals surface area contributed by atoms with E-state index in [1.807, 2.05) is 43.4 Å². The topological polar surface area (TPSA) is 83.3 Å². The molecule has 6 aromatic heterocycles. The molecule has 4 aromatic carbocycles. The Bertz CT molecular complexity index is 3420. The largest absolute Gasteiger partial charge is 0.485 e. The number of benzene rings is 4. The van der Waals surface area contributed by atoms with Crippen LogP contribution >= 0.6 is 0 Å². The van der Waals surface area contributed by atoms with E-state index in [2.05, 4.69) is 144 Å². The number of rotatable bonds is 4. The zero-order valence-corrected chi connectivity index (χ0v) is 31.1. The van der Waals surface area contributed by atoms with Crippen LogP contribution in [0.15, 0.2) is 162 Å². The summed E-state index contributed by atoms with van der Waals surface area (Å²) >= 11 is 0. The fourth-order valence-corrected chi connectivity index (χ4v) is 9.59. The maximum atomic E-state index is 6.50. The molecular formula is C50H32N6O2. The molecule has 0 bridgehead atoms. The standard InChI is InChI=1S/C50H32N6O2/c1-2-29(31-4-8-47-35(21-31)37-23-33(6-10-49(37)57-47)55-43-12-16-51-25-39(43)40-26-52-17-13-44(40)55)20-30(3-1)32-5-9-48-36(22-32)38-24-34(7-11-50(38)58-48)56-45-14-18-53-27-41(45)42-28-54-19-15-46(42)56/h1-14,16-18,20-28,37,49H,15,19H2. The van der Waals surface area contributed by atoms with Gasteiger partial charge in [0, 0.05) is 117 Å². The lowest BCUT2D eigenvalue weighted by Crippen LogP contribution is -2.18. The Kier molecular flexibility index (Phi) is 6.52. The summed E-state index contributed by atoms with van der Waals surface area (Å²) in [7, 11) is 0. The first kappa shape index (κ1) is 31.6. The molecule has 0 fully saturated rings. The summed E-state index contributed by atoms with van der Waals surface area (Å²) in [6.07, 6.45) is 20.9. The predicted octanol–water partition coefficient (Wildman–Crippen LogP) is 11.1. The van der Waals surface area contributed by atoms with E-state index in [1.165, 1.54) is 11.3 Å². The minimum atomic E-state index is -0.0544. The lowest BCUT2D eigenvalue weighted by atomic mass is 9.88. The number of aromatic nitrogens is 5. The van der Waals surface area contributed by atoms with E-state index in [4.69, 9.17) is 9.15 Å². The molecule has 8 nitrogen and oxygen atoms in total. The molecule has 2 aliphatic heterocycles. The SMILES string of the molecule is C1=CC2Oc3ccc(-c4cccc(-c5ccc6oc7ccc(-n8c9c(c%10cnccc%108)C=NCC9)cc7c6c5)c4)cc3C2C=C1n1c2ccncc2c2cnccc21. The highest BCUT2D eigenvalue weighted by molar-refractivity contribution is 6.10. The second-order valence-corrected chi connectivity index (χ2v) is 15.4. The molecule has 8 heteroatoms. The molecule has 0 radical (unpaired) electrons. The molecule has 58 heavy (non-hydrogen) atoms. The van der Waals surface area contributed by atoms with Gasteiger partial charge in [0.15, 0.2) is 0 Å². The summed E-state index contributed by atoms with van der Waals surface area (Å²) < 4.78 is 17.6. The van der Waals surface area contributed by atoms with Gasteiger partial charge in [-0.1, -0.05) is 30.3 Å². The van der Waals surface area contributed by atoms with E-state index in [0.29, 0.717) is 0 Å². The minimum absolute atomic E-state index is 0.0544. The van der Waals surface area contributed by atoms with Crippen LogP contribution in [0.5, 0.6) is 5.75 Å². The Morgan fingerprint density at radius 2 is 1.28 bits per heavy atom. The van der Waals surface area contributed by atoms with Gasteiger partial charge >= 0.3 is 0 Å². The number of furan rings is 1. The van der Waals surface area contributed by atoms with Gasteiger partial charge in [-0.25, -0.2) is 0 Å². The maximum absolute atomic E-state index is 6.50. The van der Waals surface area contributed by atoms with E-state index in [-0.39, 0.29) is 12.0 Å². The molecule has 2 unspecified atom stereocenters. The second kappa shape index (κ2) is 12.0. The fraction of sp³-hybridized carbons (Fsp3) is 0.0800. The summed E-state index contributed by atoms with van der Waals surface area (Å²) in [4.78, 5) is 17.8. The van der Waals surface area contributed by atoms with Crippen molar-refractivity contribution in [3.05, 3.63) is 169 Å². The molecule has 274 valence electrons. The molecule has 1 aliphatic carbocycles. The number of fused-ring (bicyclic) bond motifs is 12. The van der Waals surface area contributed by atoms with Crippen LogP contribution in [-0.2, 0) is 6.42 Å². The van der Waals surface area contributed by atoms with Crippen molar-refractivity contribution in [2.24, 2.45) is 4.99 Å². The molecule has 0 N–H and O–H groups in total. The van der Waals surface area contributed by atoms with Gasteiger partial charge < -0.3 is 18.3 Å². The lowest BCUT2D eigenvalue weighted by Gasteiger charge is -2.20. The number of hydrogen-bond acceptors (Lipinski definition) is 6. The second-order valence-electron chi connectivity index (χ2n) is 15.4. The Hall–Kier alpha value is -7.58. The molecule has 0 amide bonds. The van der Waals surface area contributed by atoms with E-state index in [1.54, 1.807) is 0 Å². The molecule has 3 aliphatic rings. The van der Waals surface area contributed by atoms with Gasteiger partial charge in [0.25, 0.3) is 0 Å². The maximum Gasteiger partial charge on any atom is 0.135 e. The van der Waals surface area contributed by atoms with Gasteiger partial charge in [0.1, 0.15) is 23.0 Å². The first-order valence-electron chi connectivity index (χ1n) is 19.7. The fourth-order valence-electron chi connectivity index (χ4n) is 9.59. The molecule has 0 spiro atoms. The highest BCUT2D eigenvalue weighted by Crippen LogP contribution is 2.46. The van der Waals surface area contributed by atoms with Crippen LogP contribution in [0.2, 0.25) is 0 Å². The highest BCUT2D eigenvalue weighted by atomic mass is 16.5. The van der Waals surface area contributed by atoms with Gasteiger partial charge in [-0.3, -0.25) is 19.9 Å². The van der Waals surface area contributed by atoms with Crippen LogP contribution in [-0.4, -0.2) is 42.9 Å². The van der Waals surface area contributed by atoms with Crippen LogP contribution in [0.1, 0.15) is 22.7 Å². The van der Waals surface area contributed by atoms with Crippen LogP contribution in [0.3, 0.4) is 0 Å². The van der Waals surface area contributed by atoms with Crippen LogP contribution in [0.4, 0.5) is 0 Å². The van der Waals surface area contributed by atoms with Crippen LogP contribution < -0.4 is 4.74 Å². The minimum Gasteiger partial charge on any atom is -0.485 e. The normalized spacial score (nSPS) is 16.9. The lowest BCUT2D eigenvalue weighted by molar-refractivity contribution is 0.269. The van der Waals surface area contributed by atoms with Crippen LogP contribution in [0.25, 0.3) is 88.3 Å². The molecular weight excluding hydrogens is 717 g/mol. The molecule has 13 rings (SSSR count). The smallest absolute Gasteiger partial charge is 0.135 e. The van der Waals surface area contributed by atoms with Gasteiger partial charge in [-0.2, -0.15) is 0 Å². The van der Waals surface area contributed by atoms with Gasteiger partial charge in [-0.15, -0.1) is 0 Å². The van der Waals surface area contributed by atoms with Gasteiger partial charge in [0.2, 0.25) is 0 Å². The first-order valence-corrected chi connectivity index (χ1v) is 19.7. The van der Waals surface area contributed by atoms with Crippen LogP contribution in [0, 0.1) is 0 Å². The third kappa shape index (κ3) is 4.57. The number of pyridine rings is 3. The number of nitrogens with zero attached hydrogens (tertiary/aromatic N) is 6. The van der Waals surface area contributed by atoms with Crippen molar-refractivity contribution in [1.29, 1.82) is 0 Å². The molecule has 0 saturated carbocycles. The van der Waals surface area contributed by atoms with Gasteiger partial charge in [-0.05, 0) is 107 Å². The summed E-state index contributed by atoms with van der Waals surface area (Å²) in [5, 5.41) is 5.50. The Morgan fingerprint density at radius 1 is 0.603 bits per heavy atom. The monoisotopic (exact) mass is 748 g/mol. The van der Waals surface area contributed by atoms with Crippen molar-refractivity contribution in [3.63, 3.8) is 0 Å². The summed E-state index contributed by atoms with van der Waals surface area (Å²) in [6, 6.07) is 34.8. The van der Waals surface area contributed by atoms with Crippen molar-refractivity contribution in [2.45, 2.75) is 18.4 Å². The van der Waals surface area contributed by atoms with E-state index in [0.717, 1.165) is 113 Å². The number of hydrogen-bond donors (Lipinski definition) is 0. The summed E-state index contributed by atoms with van der Waals surface area (Å²) in [6.45, 7) is 0.784. The van der Waals surface area contributed by atoms with Gasteiger partial charge in [0.05, 0.1) is 16.6 Å². The third-order valence-electron chi connectivity index (χ3n) is 12.3. The Labute approximate surface area is 331 Å². The third-order valence-corrected chi connectivity index (χ3v) is 12.3. The van der Waals surface area contributed by atoms with Crippen molar-refractivity contribution in [1.82, 2.24) is 24.1 Å². The molecule has 2 atom stereocenters. The van der Waals surface area contributed by atoms with Crippen molar-refractivity contribution < 1.29 is 9.15 Å². The highest BCUT2D eigenvalue weighted by Gasteiger charge is 2.34. The van der Waals surface area contributed by atoms with Crippen molar-refractivity contribution >= 4 is 66.6 Å². The van der Waals surface area contributed by atoms with E-state index >= 15 is 0 Å².